The van der Waals surface area contributed by atoms with E-state index in [9.17, 15) is 18.0 Å². The highest BCUT2D eigenvalue weighted by atomic mass is 19.2. The Hall–Kier alpha value is -2.54. The molecule has 0 unspecified atom stereocenters. The van der Waals surface area contributed by atoms with Crippen molar-refractivity contribution in [2.45, 2.75) is 19.4 Å². The molecule has 4 nitrogen and oxygen atoms in total. The average molecular weight is 393 g/mol. The fourth-order valence-electron chi connectivity index (χ4n) is 3.57. The van der Waals surface area contributed by atoms with E-state index >= 15 is 0 Å². The highest BCUT2D eigenvalue weighted by Crippen LogP contribution is 2.30. The number of carbonyl (C=O) groups excluding carboxylic acids is 1. The zero-order valence-electron chi connectivity index (χ0n) is 15.8. The molecule has 1 saturated heterocycles. The van der Waals surface area contributed by atoms with Crippen LogP contribution in [0.1, 0.15) is 28.8 Å². The molecule has 1 fully saturated rings. The minimum atomic E-state index is -1.18. The highest BCUT2D eigenvalue weighted by molar-refractivity contribution is 6.00. The number of piperidine rings is 1. The van der Waals surface area contributed by atoms with Crippen molar-refractivity contribution in [1.82, 2.24) is 4.90 Å². The lowest BCUT2D eigenvalue weighted by atomic mass is 9.89. The van der Waals surface area contributed by atoms with Gasteiger partial charge in [0.15, 0.2) is 17.4 Å². The third-order valence-corrected chi connectivity index (χ3v) is 5.07. The second-order valence-corrected chi connectivity index (χ2v) is 6.83. The molecule has 1 heterocycles. The van der Waals surface area contributed by atoms with Gasteiger partial charge in [0, 0.05) is 30.6 Å². The lowest BCUT2D eigenvalue weighted by Gasteiger charge is -2.32. The predicted octanol–water partition coefficient (Wildman–Crippen LogP) is 4.22. The van der Waals surface area contributed by atoms with Gasteiger partial charge in [0.2, 0.25) is 0 Å². The van der Waals surface area contributed by atoms with Crippen molar-refractivity contribution >= 4 is 5.78 Å². The molecule has 1 aliphatic rings. The molecule has 0 aliphatic carbocycles. The number of rotatable bonds is 6. The maximum Gasteiger partial charge on any atom is 0.170 e. The van der Waals surface area contributed by atoms with Crippen LogP contribution in [0.25, 0.3) is 0 Å². The zero-order chi connectivity index (χ0) is 20.3. The van der Waals surface area contributed by atoms with E-state index in [0.717, 1.165) is 12.1 Å². The summed E-state index contributed by atoms with van der Waals surface area (Å²) in [6.45, 7) is 0.835. The van der Waals surface area contributed by atoms with Crippen LogP contribution in [-0.4, -0.2) is 38.0 Å². The second kappa shape index (κ2) is 8.65. The van der Waals surface area contributed by atoms with Gasteiger partial charge in [0.05, 0.1) is 19.8 Å². The van der Waals surface area contributed by atoms with E-state index in [2.05, 4.69) is 0 Å². The Morgan fingerprint density at radius 1 is 1.11 bits per heavy atom. The van der Waals surface area contributed by atoms with Crippen molar-refractivity contribution in [3.8, 4) is 11.5 Å². The van der Waals surface area contributed by atoms with E-state index < -0.39 is 17.5 Å². The van der Waals surface area contributed by atoms with Gasteiger partial charge in [-0.3, -0.25) is 9.69 Å². The zero-order valence-corrected chi connectivity index (χ0v) is 15.8. The minimum Gasteiger partial charge on any atom is -0.497 e. The molecule has 1 aliphatic heterocycles. The fraction of sp³-hybridized carbons (Fsp3) is 0.381. The molecule has 0 N–H and O–H groups in total. The number of nitrogens with zero attached hydrogens (tertiary/aromatic N) is 1. The number of likely N-dealkylation sites (tertiary alicyclic amines) is 1. The molecule has 28 heavy (non-hydrogen) atoms. The monoisotopic (exact) mass is 393 g/mol. The van der Waals surface area contributed by atoms with Crippen LogP contribution in [0.4, 0.5) is 13.2 Å². The van der Waals surface area contributed by atoms with Crippen LogP contribution in [0.2, 0.25) is 0 Å². The van der Waals surface area contributed by atoms with Crippen LogP contribution in [0.3, 0.4) is 0 Å². The quantitative estimate of drug-likeness (QED) is 0.544. The van der Waals surface area contributed by atoms with Gasteiger partial charge in [-0.25, -0.2) is 13.2 Å². The van der Waals surface area contributed by atoms with Crippen molar-refractivity contribution in [2.75, 3.05) is 27.3 Å². The van der Waals surface area contributed by atoms with E-state index in [4.69, 9.17) is 9.47 Å². The molecule has 0 amide bonds. The number of carbonyl (C=O) groups is 1. The normalized spacial score (nSPS) is 17.4. The summed E-state index contributed by atoms with van der Waals surface area (Å²) in [6.07, 6.45) is 1.37. The topological polar surface area (TPSA) is 38.8 Å². The Labute approximate surface area is 161 Å². The van der Waals surface area contributed by atoms with E-state index in [-0.39, 0.29) is 23.8 Å². The van der Waals surface area contributed by atoms with Gasteiger partial charge in [0.25, 0.3) is 0 Å². The lowest BCUT2D eigenvalue weighted by Crippen LogP contribution is -2.38. The molecule has 150 valence electrons. The van der Waals surface area contributed by atoms with Gasteiger partial charge >= 0.3 is 0 Å². The molecule has 0 radical (unpaired) electrons. The van der Waals surface area contributed by atoms with E-state index in [1.165, 1.54) is 14.2 Å². The van der Waals surface area contributed by atoms with E-state index in [0.29, 0.717) is 43.0 Å². The summed E-state index contributed by atoms with van der Waals surface area (Å²) in [7, 11) is 3.01. The predicted molar refractivity (Wildman–Crippen MR) is 98.2 cm³/mol. The summed E-state index contributed by atoms with van der Waals surface area (Å²) >= 11 is 0. The maximum absolute atomic E-state index is 14.0. The molecular formula is C21H22F3NO3. The van der Waals surface area contributed by atoms with Crippen molar-refractivity contribution in [3.63, 3.8) is 0 Å². The average Bonchev–Trinajstić information content (AvgIpc) is 2.73. The Morgan fingerprint density at radius 3 is 2.57 bits per heavy atom. The Morgan fingerprint density at radius 2 is 1.86 bits per heavy atom. The summed E-state index contributed by atoms with van der Waals surface area (Å²) in [4.78, 5) is 14.8. The molecule has 0 bridgehead atoms. The number of hydrogen-bond acceptors (Lipinski definition) is 4. The number of ether oxygens (including phenoxy) is 2. The van der Waals surface area contributed by atoms with Gasteiger partial charge < -0.3 is 9.47 Å². The van der Waals surface area contributed by atoms with Crippen LogP contribution < -0.4 is 9.47 Å². The van der Waals surface area contributed by atoms with Gasteiger partial charge in [-0.15, -0.1) is 0 Å². The first kappa shape index (κ1) is 20.2. The van der Waals surface area contributed by atoms with Crippen molar-refractivity contribution < 1.29 is 27.4 Å². The molecule has 2 aromatic carbocycles. The molecule has 1 atom stereocenters. The first-order valence-electron chi connectivity index (χ1n) is 9.05. The van der Waals surface area contributed by atoms with Crippen LogP contribution >= 0.6 is 0 Å². The SMILES string of the molecule is COc1ccc(C(=O)[C@@H]2CCCN(Cc3c(F)ccc(F)c3F)C2)c(OC)c1. The van der Waals surface area contributed by atoms with Crippen molar-refractivity contribution in [2.24, 2.45) is 5.92 Å². The molecule has 0 saturated carbocycles. The minimum absolute atomic E-state index is 0.0844. The standard InChI is InChI=1S/C21H22F3NO3/c1-27-14-5-6-15(19(10-14)28-2)21(26)13-4-3-9-25(11-13)12-16-17(22)7-8-18(23)20(16)24/h5-8,10,13H,3-4,9,11-12H2,1-2H3/t13-/m1/s1. The van der Waals surface area contributed by atoms with E-state index in [1.807, 2.05) is 0 Å². The van der Waals surface area contributed by atoms with E-state index in [1.54, 1.807) is 23.1 Å². The summed E-state index contributed by atoms with van der Waals surface area (Å²) in [5.74, 6) is -2.47. The molecule has 3 rings (SSSR count). The number of hydrogen-bond donors (Lipinski definition) is 0. The summed E-state index contributed by atoms with van der Waals surface area (Å²) in [5, 5.41) is 0. The number of benzene rings is 2. The van der Waals surface area contributed by atoms with Crippen LogP contribution in [0.15, 0.2) is 30.3 Å². The summed E-state index contributed by atoms with van der Waals surface area (Å²) < 4.78 is 51.8. The molecular weight excluding hydrogens is 371 g/mol. The number of halogens is 3. The third kappa shape index (κ3) is 4.14. The molecule has 0 aromatic heterocycles. The second-order valence-electron chi connectivity index (χ2n) is 6.83. The summed E-state index contributed by atoms with van der Waals surface area (Å²) in [5.41, 5.74) is 0.133. The van der Waals surface area contributed by atoms with Gasteiger partial charge in [-0.05, 0) is 43.7 Å². The van der Waals surface area contributed by atoms with Crippen LogP contribution in [0, 0.1) is 23.4 Å². The van der Waals surface area contributed by atoms with Crippen LogP contribution in [0.5, 0.6) is 11.5 Å². The van der Waals surface area contributed by atoms with Crippen LogP contribution in [-0.2, 0) is 6.54 Å². The van der Waals surface area contributed by atoms with Gasteiger partial charge in [-0.2, -0.15) is 0 Å². The largest absolute Gasteiger partial charge is 0.497 e. The number of Topliss-reactive ketones (excluding diaryl/α,β-unsaturated/α-hetero) is 1. The molecule has 0 spiro atoms. The smallest absolute Gasteiger partial charge is 0.170 e. The first-order chi connectivity index (χ1) is 13.4. The Bertz CT molecular complexity index is 872. The van der Waals surface area contributed by atoms with Crippen molar-refractivity contribution in [1.29, 1.82) is 0 Å². The third-order valence-electron chi connectivity index (χ3n) is 5.07. The first-order valence-corrected chi connectivity index (χ1v) is 9.05. The summed E-state index contributed by atoms with van der Waals surface area (Å²) in [6, 6.07) is 6.68. The molecule has 7 heteroatoms. The van der Waals surface area contributed by atoms with Gasteiger partial charge in [-0.1, -0.05) is 0 Å². The lowest BCUT2D eigenvalue weighted by molar-refractivity contribution is 0.0806. The number of methoxy groups -OCH3 is 2. The Kier molecular flexibility index (Phi) is 6.24. The maximum atomic E-state index is 14.0. The Balaban J connectivity index is 1.77. The number of ketones is 1. The fourth-order valence-corrected chi connectivity index (χ4v) is 3.57. The van der Waals surface area contributed by atoms with Crippen molar-refractivity contribution in [3.05, 3.63) is 58.9 Å². The van der Waals surface area contributed by atoms with Gasteiger partial charge in [0.1, 0.15) is 17.3 Å². The molecule has 2 aromatic rings. The highest BCUT2D eigenvalue weighted by Gasteiger charge is 2.29.